The number of ether oxygens (including phenoxy) is 1. The third-order valence-electron chi connectivity index (χ3n) is 6.81. The maximum absolute atomic E-state index is 12.8. The molecule has 0 unspecified atom stereocenters. The number of nitrogens with zero attached hydrogens (tertiary/aromatic N) is 3. The van der Waals surface area contributed by atoms with E-state index in [9.17, 15) is 9.59 Å². The van der Waals surface area contributed by atoms with Gasteiger partial charge in [0.1, 0.15) is 5.65 Å². The molecule has 3 N–H and O–H groups in total. The SMILES string of the molecule is O=c1[nH]c(=O)n([C@H]2CC[C@H](CNCCN3CCOCC3)CC2)c2c1cnc1[nH]ccc12. The summed E-state index contributed by atoms with van der Waals surface area (Å²) in [6, 6.07) is 1.99. The highest BCUT2D eigenvalue weighted by Crippen LogP contribution is 2.33. The third-order valence-corrected chi connectivity index (χ3v) is 6.81. The van der Waals surface area contributed by atoms with Crippen LogP contribution in [0.2, 0.25) is 0 Å². The zero-order chi connectivity index (χ0) is 21.2. The van der Waals surface area contributed by atoms with Crippen molar-refractivity contribution in [3.05, 3.63) is 39.3 Å². The third kappa shape index (κ3) is 4.17. The first kappa shape index (κ1) is 20.4. The molecule has 3 aromatic rings. The fourth-order valence-electron chi connectivity index (χ4n) is 5.07. The predicted octanol–water partition coefficient (Wildman–Crippen LogP) is 1.22. The number of pyridine rings is 1. The summed E-state index contributed by atoms with van der Waals surface area (Å²) < 4.78 is 7.20. The first-order valence-electron chi connectivity index (χ1n) is 11.3. The summed E-state index contributed by atoms with van der Waals surface area (Å²) in [5.41, 5.74) is 0.708. The second kappa shape index (κ2) is 8.94. The molecule has 0 atom stereocenters. The van der Waals surface area contributed by atoms with Gasteiger partial charge in [0.2, 0.25) is 0 Å². The van der Waals surface area contributed by atoms with Gasteiger partial charge >= 0.3 is 5.69 Å². The topological polar surface area (TPSA) is 108 Å². The van der Waals surface area contributed by atoms with Gasteiger partial charge in [-0.3, -0.25) is 19.2 Å². The molecule has 4 heterocycles. The number of hydrogen-bond donors (Lipinski definition) is 3. The molecule has 31 heavy (non-hydrogen) atoms. The van der Waals surface area contributed by atoms with E-state index in [1.807, 2.05) is 6.07 Å². The molecule has 1 aliphatic heterocycles. The van der Waals surface area contributed by atoms with E-state index in [4.69, 9.17) is 4.74 Å². The summed E-state index contributed by atoms with van der Waals surface area (Å²) in [6.45, 7) is 6.82. The molecule has 0 bridgehead atoms. The maximum atomic E-state index is 12.8. The molecule has 2 fully saturated rings. The molecule has 5 rings (SSSR count). The van der Waals surface area contributed by atoms with E-state index in [2.05, 4.69) is 25.2 Å². The Hall–Kier alpha value is -2.49. The fourth-order valence-corrected chi connectivity index (χ4v) is 5.07. The average molecular weight is 427 g/mol. The van der Waals surface area contributed by atoms with Crippen molar-refractivity contribution >= 4 is 21.9 Å². The molecule has 2 aliphatic rings. The van der Waals surface area contributed by atoms with E-state index in [0.29, 0.717) is 22.5 Å². The van der Waals surface area contributed by atoms with Crippen molar-refractivity contribution in [2.24, 2.45) is 5.92 Å². The second-order valence-electron chi connectivity index (χ2n) is 8.72. The van der Waals surface area contributed by atoms with E-state index < -0.39 is 0 Å². The summed E-state index contributed by atoms with van der Waals surface area (Å²) in [5.74, 6) is 0.625. The number of morpholine rings is 1. The van der Waals surface area contributed by atoms with E-state index in [0.717, 1.165) is 77.0 Å². The molecule has 9 nitrogen and oxygen atoms in total. The van der Waals surface area contributed by atoms with Gasteiger partial charge in [0.05, 0.1) is 24.1 Å². The number of rotatable bonds is 6. The molecule has 0 aromatic carbocycles. The molecule has 0 amide bonds. The standard InChI is InChI=1S/C22H30N6O3/c29-21-18-14-25-20-17(5-6-24-20)19(18)28(22(30)26-21)16-3-1-15(2-4-16)13-23-7-8-27-9-11-31-12-10-27/h5-6,14-16,23H,1-4,7-13H2,(H,24,25)(H,26,29,30)/t15-,16-. The van der Waals surface area contributed by atoms with Crippen molar-refractivity contribution in [1.82, 2.24) is 29.7 Å². The zero-order valence-electron chi connectivity index (χ0n) is 17.7. The Labute approximate surface area is 179 Å². The normalized spacial score (nSPS) is 23.0. The van der Waals surface area contributed by atoms with Crippen LogP contribution in [0.4, 0.5) is 0 Å². The molecule has 1 saturated heterocycles. The maximum Gasteiger partial charge on any atom is 0.329 e. The molecule has 0 spiro atoms. The van der Waals surface area contributed by atoms with Crippen molar-refractivity contribution in [2.75, 3.05) is 45.9 Å². The number of aromatic nitrogens is 4. The zero-order valence-corrected chi connectivity index (χ0v) is 17.7. The first-order chi connectivity index (χ1) is 15.2. The lowest BCUT2D eigenvalue weighted by molar-refractivity contribution is 0.0383. The minimum absolute atomic E-state index is 0.0944. The number of fused-ring (bicyclic) bond motifs is 3. The molecule has 3 aromatic heterocycles. The quantitative estimate of drug-likeness (QED) is 0.512. The summed E-state index contributed by atoms with van der Waals surface area (Å²) in [6.07, 6.45) is 7.38. The van der Waals surface area contributed by atoms with Crippen LogP contribution in [0.3, 0.4) is 0 Å². The van der Waals surface area contributed by atoms with Crippen LogP contribution in [0.15, 0.2) is 28.0 Å². The van der Waals surface area contributed by atoms with Crippen LogP contribution >= 0.6 is 0 Å². The van der Waals surface area contributed by atoms with Crippen molar-refractivity contribution in [3.63, 3.8) is 0 Å². The number of aromatic amines is 2. The summed E-state index contributed by atoms with van der Waals surface area (Å²) in [5, 5.41) is 4.91. The van der Waals surface area contributed by atoms with Crippen molar-refractivity contribution in [3.8, 4) is 0 Å². The van der Waals surface area contributed by atoms with Gasteiger partial charge in [-0.2, -0.15) is 0 Å². The molecular weight excluding hydrogens is 396 g/mol. The van der Waals surface area contributed by atoms with Crippen LogP contribution in [0.25, 0.3) is 21.9 Å². The Bertz CT molecular complexity index is 1150. The molecule has 0 radical (unpaired) electrons. The van der Waals surface area contributed by atoms with E-state index >= 15 is 0 Å². The Morgan fingerprint density at radius 3 is 2.74 bits per heavy atom. The van der Waals surface area contributed by atoms with E-state index in [1.54, 1.807) is 17.0 Å². The smallest absolute Gasteiger partial charge is 0.329 e. The number of hydrogen-bond acceptors (Lipinski definition) is 6. The molecule has 166 valence electrons. The summed E-state index contributed by atoms with van der Waals surface area (Å²) in [4.78, 5) is 37.5. The second-order valence-corrected chi connectivity index (χ2v) is 8.72. The highest BCUT2D eigenvalue weighted by Gasteiger charge is 2.25. The van der Waals surface area contributed by atoms with Gasteiger partial charge in [-0.05, 0) is 44.2 Å². The van der Waals surface area contributed by atoms with E-state index in [1.165, 1.54) is 0 Å². The van der Waals surface area contributed by atoms with Gasteiger partial charge in [-0.15, -0.1) is 0 Å². The highest BCUT2D eigenvalue weighted by atomic mass is 16.5. The van der Waals surface area contributed by atoms with Crippen molar-refractivity contribution < 1.29 is 4.74 Å². The van der Waals surface area contributed by atoms with Gasteiger partial charge in [0.15, 0.2) is 0 Å². The van der Waals surface area contributed by atoms with Gasteiger partial charge < -0.3 is 15.0 Å². The van der Waals surface area contributed by atoms with Gasteiger partial charge in [-0.25, -0.2) is 9.78 Å². The first-order valence-corrected chi connectivity index (χ1v) is 11.3. The van der Waals surface area contributed by atoms with Crippen molar-refractivity contribution in [1.29, 1.82) is 0 Å². The Balaban J connectivity index is 1.25. The monoisotopic (exact) mass is 426 g/mol. The van der Waals surface area contributed by atoms with E-state index in [-0.39, 0.29) is 17.3 Å². The van der Waals surface area contributed by atoms with Crippen LogP contribution in [-0.4, -0.2) is 70.4 Å². The lowest BCUT2D eigenvalue weighted by Crippen LogP contribution is -2.41. The van der Waals surface area contributed by atoms with Crippen LogP contribution in [0, 0.1) is 5.92 Å². The predicted molar refractivity (Wildman–Crippen MR) is 120 cm³/mol. The summed E-state index contributed by atoms with van der Waals surface area (Å²) in [7, 11) is 0. The Morgan fingerprint density at radius 2 is 1.94 bits per heavy atom. The molecule has 1 aliphatic carbocycles. The van der Waals surface area contributed by atoms with Gasteiger partial charge in [-0.1, -0.05) is 0 Å². The number of nitrogens with one attached hydrogen (secondary N) is 3. The Morgan fingerprint density at radius 1 is 1.13 bits per heavy atom. The minimum atomic E-state index is -0.370. The van der Waals surface area contributed by atoms with Crippen molar-refractivity contribution in [2.45, 2.75) is 31.7 Å². The number of H-pyrrole nitrogens is 2. The molecule has 1 saturated carbocycles. The molecule has 9 heteroatoms. The van der Waals surface area contributed by atoms with Crippen LogP contribution in [0.1, 0.15) is 31.7 Å². The van der Waals surface area contributed by atoms with Gasteiger partial charge in [0, 0.05) is 50.0 Å². The van der Waals surface area contributed by atoms with Crippen LogP contribution in [-0.2, 0) is 4.74 Å². The lowest BCUT2D eigenvalue weighted by Gasteiger charge is -2.31. The highest BCUT2D eigenvalue weighted by molar-refractivity contribution is 6.01. The Kier molecular flexibility index (Phi) is 5.89. The average Bonchev–Trinajstić information content (AvgIpc) is 3.27. The minimum Gasteiger partial charge on any atom is -0.379 e. The molecular formula is C22H30N6O3. The van der Waals surface area contributed by atoms with Gasteiger partial charge in [0.25, 0.3) is 5.56 Å². The summed E-state index contributed by atoms with van der Waals surface area (Å²) >= 11 is 0. The van der Waals surface area contributed by atoms with Crippen LogP contribution in [0.5, 0.6) is 0 Å². The van der Waals surface area contributed by atoms with Crippen LogP contribution < -0.4 is 16.6 Å². The largest absolute Gasteiger partial charge is 0.379 e. The fraction of sp³-hybridized carbons (Fsp3) is 0.591. The lowest BCUT2D eigenvalue weighted by atomic mass is 9.85.